The molecular weight excluding hydrogens is 316 g/mol. The Bertz CT molecular complexity index is 724. The highest BCUT2D eigenvalue weighted by Gasteiger charge is 2.44. The van der Waals surface area contributed by atoms with E-state index in [1.807, 2.05) is 0 Å². The number of aromatic hydroxyl groups is 1. The van der Waals surface area contributed by atoms with Crippen molar-refractivity contribution in [1.29, 1.82) is 0 Å². The van der Waals surface area contributed by atoms with E-state index in [0.717, 1.165) is 5.56 Å². The first-order chi connectivity index (χ1) is 11.3. The normalized spacial score (nSPS) is 25.4. The number of fused-ring (bicyclic) bond motifs is 1. The van der Waals surface area contributed by atoms with Crippen molar-refractivity contribution in [3.8, 4) is 11.5 Å². The molecule has 2 aliphatic rings. The van der Waals surface area contributed by atoms with Crippen molar-refractivity contribution in [2.24, 2.45) is 0 Å². The number of cyclic esters (lactones) is 2. The molecule has 7 heteroatoms. The molecule has 0 spiro atoms. The summed E-state index contributed by atoms with van der Waals surface area (Å²) in [5.74, 6) is -0.702. The quantitative estimate of drug-likeness (QED) is 0.801. The van der Waals surface area contributed by atoms with Gasteiger partial charge in [0.1, 0.15) is 35.4 Å². The number of methoxy groups -OCH3 is 1. The fraction of sp³-hybridized carbons (Fsp3) is 0.529. The molecule has 0 radical (unpaired) electrons. The lowest BCUT2D eigenvalue weighted by atomic mass is 9.88. The molecule has 3 rings (SSSR count). The van der Waals surface area contributed by atoms with Crippen LogP contribution >= 0.6 is 0 Å². The van der Waals surface area contributed by atoms with Crippen LogP contribution in [0.25, 0.3) is 0 Å². The minimum atomic E-state index is -1.03. The molecular formula is C17H20O7. The third-order valence-corrected chi connectivity index (χ3v) is 4.93. The Labute approximate surface area is 139 Å². The van der Waals surface area contributed by atoms with Crippen molar-refractivity contribution in [3.63, 3.8) is 0 Å². The monoisotopic (exact) mass is 336 g/mol. The van der Waals surface area contributed by atoms with Gasteiger partial charge in [-0.15, -0.1) is 0 Å². The lowest BCUT2D eigenvalue weighted by Gasteiger charge is -2.27. The molecule has 130 valence electrons. The van der Waals surface area contributed by atoms with Crippen LogP contribution < -0.4 is 4.74 Å². The maximum Gasteiger partial charge on any atom is 0.342 e. The molecule has 0 aliphatic carbocycles. The first-order valence-electron chi connectivity index (χ1n) is 7.76. The second-order valence-electron chi connectivity index (χ2n) is 6.42. The highest BCUT2D eigenvalue weighted by Crippen LogP contribution is 2.43. The topological polar surface area (TPSA) is 102 Å². The number of phenolic OH excluding ortho intramolecular Hbond substituents is 1. The summed E-state index contributed by atoms with van der Waals surface area (Å²) in [4.78, 5) is 23.3. The van der Waals surface area contributed by atoms with E-state index >= 15 is 0 Å². The van der Waals surface area contributed by atoms with Crippen LogP contribution in [0.15, 0.2) is 0 Å². The van der Waals surface area contributed by atoms with Crippen LogP contribution in [0.4, 0.5) is 0 Å². The molecule has 0 bridgehead atoms. The van der Waals surface area contributed by atoms with E-state index in [1.54, 1.807) is 13.8 Å². The van der Waals surface area contributed by atoms with Gasteiger partial charge in [0.05, 0.1) is 13.5 Å². The fourth-order valence-electron chi connectivity index (χ4n) is 3.40. The molecule has 1 aromatic rings. The minimum Gasteiger partial charge on any atom is -0.507 e. The lowest BCUT2D eigenvalue weighted by Crippen LogP contribution is -2.36. The molecule has 2 heterocycles. The SMILES string of the molecule is COc1c(C)c2c(c(O)c1CC[C@]1(C)OC(=O)C[C@H]1O)C(=O)OC2. The van der Waals surface area contributed by atoms with Crippen molar-refractivity contribution >= 4 is 11.9 Å². The summed E-state index contributed by atoms with van der Waals surface area (Å²) >= 11 is 0. The van der Waals surface area contributed by atoms with Crippen molar-refractivity contribution in [3.05, 3.63) is 22.3 Å². The van der Waals surface area contributed by atoms with Gasteiger partial charge in [-0.1, -0.05) is 0 Å². The molecule has 0 saturated carbocycles. The van der Waals surface area contributed by atoms with Crippen LogP contribution in [0.1, 0.15) is 46.8 Å². The van der Waals surface area contributed by atoms with Gasteiger partial charge in [0.15, 0.2) is 0 Å². The summed E-state index contributed by atoms with van der Waals surface area (Å²) in [5.41, 5.74) is 0.945. The Balaban J connectivity index is 1.97. The van der Waals surface area contributed by atoms with Gasteiger partial charge in [-0.3, -0.25) is 4.79 Å². The van der Waals surface area contributed by atoms with Gasteiger partial charge in [0.25, 0.3) is 0 Å². The van der Waals surface area contributed by atoms with Gasteiger partial charge in [0.2, 0.25) is 0 Å². The molecule has 2 N–H and O–H groups in total. The van der Waals surface area contributed by atoms with E-state index in [1.165, 1.54) is 7.11 Å². The lowest BCUT2D eigenvalue weighted by molar-refractivity contribution is -0.149. The number of aliphatic hydroxyl groups is 1. The smallest absolute Gasteiger partial charge is 0.342 e. The maximum atomic E-state index is 11.9. The zero-order valence-electron chi connectivity index (χ0n) is 13.8. The zero-order valence-corrected chi connectivity index (χ0v) is 13.8. The van der Waals surface area contributed by atoms with Gasteiger partial charge in [0, 0.05) is 11.1 Å². The summed E-state index contributed by atoms with van der Waals surface area (Å²) in [5, 5.41) is 20.6. The van der Waals surface area contributed by atoms with Crippen LogP contribution in [-0.4, -0.2) is 41.0 Å². The van der Waals surface area contributed by atoms with Crippen LogP contribution in [0.3, 0.4) is 0 Å². The predicted octanol–water partition coefficient (Wildman–Crippen LogP) is 1.38. The third-order valence-electron chi connectivity index (χ3n) is 4.93. The van der Waals surface area contributed by atoms with Crippen molar-refractivity contribution < 1.29 is 34.0 Å². The number of carbonyl (C=O) groups is 2. The average Bonchev–Trinajstić information content (AvgIpc) is 3.02. The molecule has 2 aliphatic heterocycles. The first kappa shape index (κ1) is 16.6. The second kappa shape index (κ2) is 5.66. The maximum absolute atomic E-state index is 11.9. The Morgan fingerprint density at radius 3 is 2.67 bits per heavy atom. The molecule has 2 atom stereocenters. The van der Waals surface area contributed by atoms with Gasteiger partial charge < -0.3 is 24.4 Å². The standard InChI is InChI=1S/C17H20O7/c1-8-10-7-23-16(21)13(10)14(20)9(15(8)22-3)4-5-17(2)11(18)6-12(19)24-17/h11,18,20H,4-7H2,1-3H3/t11-,17+/m1/s1. The van der Waals surface area contributed by atoms with Crippen LogP contribution in [0.2, 0.25) is 0 Å². The molecule has 0 amide bonds. The Morgan fingerprint density at radius 1 is 1.38 bits per heavy atom. The predicted molar refractivity (Wildman–Crippen MR) is 82.0 cm³/mol. The van der Waals surface area contributed by atoms with Gasteiger partial charge in [-0.25, -0.2) is 4.79 Å². The molecule has 0 unspecified atom stereocenters. The van der Waals surface area contributed by atoms with Crippen LogP contribution in [0.5, 0.6) is 11.5 Å². The molecule has 1 fully saturated rings. The van der Waals surface area contributed by atoms with Gasteiger partial charge >= 0.3 is 11.9 Å². The van der Waals surface area contributed by atoms with E-state index in [2.05, 4.69) is 0 Å². The number of hydrogen-bond donors (Lipinski definition) is 2. The highest BCUT2D eigenvalue weighted by molar-refractivity contribution is 5.98. The number of rotatable bonds is 4. The summed E-state index contributed by atoms with van der Waals surface area (Å²) in [6, 6.07) is 0. The number of hydrogen-bond acceptors (Lipinski definition) is 7. The number of benzene rings is 1. The van der Waals surface area contributed by atoms with E-state index in [0.29, 0.717) is 16.9 Å². The third kappa shape index (κ3) is 2.39. The minimum absolute atomic E-state index is 0.0465. The van der Waals surface area contributed by atoms with Crippen molar-refractivity contribution in [1.82, 2.24) is 0 Å². The van der Waals surface area contributed by atoms with Gasteiger partial charge in [-0.2, -0.15) is 0 Å². The summed E-state index contributed by atoms with van der Waals surface area (Å²) in [6.07, 6.45) is -0.387. The second-order valence-corrected chi connectivity index (χ2v) is 6.42. The number of phenols is 1. The largest absolute Gasteiger partial charge is 0.507 e. The van der Waals surface area contributed by atoms with E-state index in [-0.39, 0.29) is 37.2 Å². The molecule has 7 nitrogen and oxygen atoms in total. The van der Waals surface area contributed by atoms with Crippen LogP contribution in [-0.2, 0) is 27.3 Å². The Kier molecular flexibility index (Phi) is 3.91. The average molecular weight is 336 g/mol. The molecule has 24 heavy (non-hydrogen) atoms. The van der Waals surface area contributed by atoms with E-state index in [4.69, 9.17) is 14.2 Å². The molecule has 0 aromatic heterocycles. The zero-order chi connectivity index (χ0) is 17.6. The highest BCUT2D eigenvalue weighted by atomic mass is 16.6. The summed E-state index contributed by atoms with van der Waals surface area (Å²) in [7, 11) is 1.49. The first-order valence-corrected chi connectivity index (χ1v) is 7.76. The molecule has 1 aromatic carbocycles. The van der Waals surface area contributed by atoms with E-state index in [9.17, 15) is 19.8 Å². The fourth-order valence-corrected chi connectivity index (χ4v) is 3.40. The van der Waals surface area contributed by atoms with Gasteiger partial charge in [-0.05, 0) is 32.3 Å². The number of aliphatic hydroxyl groups excluding tert-OH is 1. The van der Waals surface area contributed by atoms with Crippen molar-refractivity contribution in [2.45, 2.75) is 51.4 Å². The number of ether oxygens (including phenoxy) is 3. The number of esters is 2. The molecule has 1 saturated heterocycles. The van der Waals surface area contributed by atoms with Crippen LogP contribution in [0, 0.1) is 6.92 Å². The summed E-state index contributed by atoms with van der Waals surface area (Å²) in [6.45, 7) is 3.56. The Hall–Kier alpha value is -2.28. The van der Waals surface area contributed by atoms with E-state index < -0.39 is 23.6 Å². The van der Waals surface area contributed by atoms with Crippen molar-refractivity contribution in [2.75, 3.05) is 7.11 Å². The summed E-state index contributed by atoms with van der Waals surface area (Å²) < 4.78 is 15.7. The number of carbonyl (C=O) groups excluding carboxylic acids is 2. The Morgan fingerprint density at radius 2 is 2.08 bits per heavy atom.